The molecule has 0 saturated carbocycles. The average molecular weight is 398 g/mol. The Kier molecular flexibility index (Phi) is 13.8. The molecule has 1 aromatic carbocycles. The molecule has 1 saturated heterocycles. The molecule has 0 bridgehead atoms. The maximum Gasteiger partial charge on any atom is 0.157 e. The maximum absolute atomic E-state index is 5.58. The second-order valence-electron chi connectivity index (χ2n) is 6.28. The molecular weight excluding hydrogens is 364 g/mol. The summed E-state index contributed by atoms with van der Waals surface area (Å²) in [4.78, 5) is 0. The van der Waals surface area contributed by atoms with Crippen LogP contribution in [0.4, 0.5) is 0 Å². The first-order valence-electron chi connectivity index (χ1n) is 10.2. The summed E-state index contributed by atoms with van der Waals surface area (Å²) in [5.41, 5.74) is 0. The molecule has 7 nitrogen and oxygen atoms in total. The SMILES string of the molecule is c1ccc(OCCOCCOCCOCCOCCOC2CCCCO2)cc1. The van der Waals surface area contributed by atoms with Crippen molar-refractivity contribution in [3.05, 3.63) is 30.3 Å². The average Bonchev–Trinajstić information content (AvgIpc) is 2.75. The van der Waals surface area contributed by atoms with Gasteiger partial charge in [-0.2, -0.15) is 0 Å². The molecule has 0 aliphatic carbocycles. The highest BCUT2D eigenvalue weighted by Crippen LogP contribution is 2.13. The monoisotopic (exact) mass is 398 g/mol. The molecule has 1 atom stereocenters. The summed E-state index contributed by atoms with van der Waals surface area (Å²) in [5.74, 6) is 0.856. The van der Waals surface area contributed by atoms with Gasteiger partial charge in [0.25, 0.3) is 0 Å². The lowest BCUT2D eigenvalue weighted by Crippen LogP contribution is -2.24. The van der Waals surface area contributed by atoms with E-state index in [0.717, 1.165) is 25.2 Å². The largest absolute Gasteiger partial charge is 0.491 e. The molecular formula is C21H34O7. The van der Waals surface area contributed by atoms with Crippen molar-refractivity contribution in [2.75, 3.05) is 72.7 Å². The number of hydrogen-bond acceptors (Lipinski definition) is 7. The Bertz CT molecular complexity index is 451. The highest BCUT2D eigenvalue weighted by atomic mass is 16.7. The van der Waals surface area contributed by atoms with Gasteiger partial charge in [0.05, 0.1) is 59.5 Å². The molecule has 1 aliphatic heterocycles. The Balaban J connectivity index is 1.23. The Morgan fingerprint density at radius 1 is 0.679 bits per heavy atom. The highest BCUT2D eigenvalue weighted by Gasteiger charge is 2.13. The van der Waals surface area contributed by atoms with Gasteiger partial charge >= 0.3 is 0 Å². The van der Waals surface area contributed by atoms with Crippen LogP contribution in [-0.4, -0.2) is 79.0 Å². The van der Waals surface area contributed by atoms with Gasteiger partial charge in [0.2, 0.25) is 0 Å². The molecule has 1 heterocycles. The van der Waals surface area contributed by atoms with Crippen LogP contribution in [0.15, 0.2) is 30.3 Å². The van der Waals surface area contributed by atoms with Crippen LogP contribution in [-0.2, 0) is 28.4 Å². The zero-order valence-corrected chi connectivity index (χ0v) is 16.7. The number of hydrogen-bond donors (Lipinski definition) is 0. The zero-order valence-electron chi connectivity index (χ0n) is 16.7. The van der Waals surface area contributed by atoms with Crippen LogP contribution in [0.3, 0.4) is 0 Å². The molecule has 0 radical (unpaired) electrons. The van der Waals surface area contributed by atoms with E-state index in [1.807, 2.05) is 30.3 Å². The van der Waals surface area contributed by atoms with E-state index in [1.54, 1.807) is 0 Å². The van der Waals surface area contributed by atoms with Crippen molar-refractivity contribution in [3.63, 3.8) is 0 Å². The van der Waals surface area contributed by atoms with Gasteiger partial charge in [-0.05, 0) is 31.4 Å². The van der Waals surface area contributed by atoms with Crippen molar-refractivity contribution >= 4 is 0 Å². The minimum absolute atomic E-state index is 0.0499. The molecule has 0 amide bonds. The van der Waals surface area contributed by atoms with Crippen LogP contribution in [0, 0.1) is 0 Å². The fourth-order valence-corrected chi connectivity index (χ4v) is 2.58. The van der Waals surface area contributed by atoms with Gasteiger partial charge in [-0.3, -0.25) is 0 Å². The van der Waals surface area contributed by atoms with Gasteiger partial charge in [-0.25, -0.2) is 0 Å². The van der Waals surface area contributed by atoms with Crippen molar-refractivity contribution < 1.29 is 33.2 Å². The van der Waals surface area contributed by atoms with Crippen LogP contribution < -0.4 is 4.74 Å². The lowest BCUT2D eigenvalue weighted by Gasteiger charge is -2.22. The molecule has 160 valence electrons. The molecule has 1 fully saturated rings. The molecule has 2 rings (SSSR count). The summed E-state index contributed by atoms with van der Waals surface area (Å²) in [5, 5.41) is 0. The Labute approximate surface area is 168 Å². The molecule has 0 N–H and O–H groups in total. The molecule has 0 spiro atoms. The van der Waals surface area contributed by atoms with E-state index >= 15 is 0 Å². The number of ether oxygens (including phenoxy) is 7. The van der Waals surface area contributed by atoms with Crippen LogP contribution in [0.1, 0.15) is 19.3 Å². The van der Waals surface area contributed by atoms with Gasteiger partial charge in [0.1, 0.15) is 12.4 Å². The van der Waals surface area contributed by atoms with E-state index in [9.17, 15) is 0 Å². The number of rotatable bonds is 17. The van der Waals surface area contributed by atoms with E-state index in [0.29, 0.717) is 66.1 Å². The lowest BCUT2D eigenvalue weighted by molar-refractivity contribution is -0.169. The van der Waals surface area contributed by atoms with E-state index in [4.69, 9.17) is 33.2 Å². The van der Waals surface area contributed by atoms with Crippen LogP contribution >= 0.6 is 0 Å². The third-order valence-electron chi connectivity index (χ3n) is 4.02. The van der Waals surface area contributed by atoms with Crippen molar-refractivity contribution in [1.29, 1.82) is 0 Å². The summed E-state index contributed by atoms with van der Waals surface area (Å²) in [6.45, 7) is 6.30. The van der Waals surface area contributed by atoms with E-state index < -0.39 is 0 Å². The fourth-order valence-electron chi connectivity index (χ4n) is 2.58. The molecule has 1 unspecified atom stereocenters. The number of benzene rings is 1. The van der Waals surface area contributed by atoms with Crippen molar-refractivity contribution in [2.24, 2.45) is 0 Å². The van der Waals surface area contributed by atoms with Gasteiger partial charge < -0.3 is 33.2 Å². The van der Waals surface area contributed by atoms with Gasteiger partial charge in [0.15, 0.2) is 6.29 Å². The van der Waals surface area contributed by atoms with E-state index in [-0.39, 0.29) is 6.29 Å². The van der Waals surface area contributed by atoms with Crippen molar-refractivity contribution in [3.8, 4) is 5.75 Å². The topological polar surface area (TPSA) is 64.6 Å². The molecule has 0 aromatic heterocycles. The summed E-state index contributed by atoms with van der Waals surface area (Å²) in [6.07, 6.45) is 3.24. The minimum Gasteiger partial charge on any atom is -0.491 e. The number of para-hydroxylation sites is 1. The van der Waals surface area contributed by atoms with Gasteiger partial charge in [-0.1, -0.05) is 18.2 Å². The standard InChI is InChI=1S/C21H34O7/c1-2-6-20(7-3-1)26-18-16-24-14-12-22-10-11-23-13-15-25-17-19-28-21-8-4-5-9-27-21/h1-3,6-7,21H,4-5,8-19H2. The lowest BCUT2D eigenvalue weighted by atomic mass is 10.2. The van der Waals surface area contributed by atoms with Crippen LogP contribution in [0.2, 0.25) is 0 Å². The second-order valence-corrected chi connectivity index (χ2v) is 6.28. The van der Waals surface area contributed by atoms with E-state index in [2.05, 4.69) is 0 Å². The van der Waals surface area contributed by atoms with Crippen LogP contribution in [0.5, 0.6) is 5.75 Å². The molecule has 28 heavy (non-hydrogen) atoms. The molecule has 7 heteroatoms. The van der Waals surface area contributed by atoms with Crippen molar-refractivity contribution in [2.45, 2.75) is 25.6 Å². The molecule has 1 aromatic rings. The summed E-state index contributed by atoms with van der Waals surface area (Å²) in [7, 11) is 0. The first kappa shape index (κ1) is 23.1. The van der Waals surface area contributed by atoms with Gasteiger partial charge in [-0.15, -0.1) is 0 Å². The Morgan fingerprint density at radius 3 is 1.82 bits per heavy atom. The summed E-state index contributed by atoms with van der Waals surface area (Å²) < 4.78 is 38.4. The normalized spacial score (nSPS) is 16.9. The zero-order chi connectivity index (χ0) is 19.5. The first-order chi connectivity index (χ1) is 13.9. The quantitative estimate of drug-likeness (QED) is 0.374. The maximum atomic E-state index is 5.58. The smallest absolute Gasteiger partial charge is 0.157 e. The third-order valence-corrected chi connectivity index (χ3v) is 4.02. The molecule has 1 aliphatic rings. The Hall–Kier alpha value is -1.22. The van der Waals surface area contributed by atoms with E-state index in [1.165, 1.54) is 6.42 Å². The van der Waals surface area contributed by atoms with Crippen molar-refractivity contribution in [1.82, 2.24) is 0 Å². The van der Waals surface area contributed by atoms with Crippen LogP contribution in [0.25, 0.3) is 0 Å². The summed E-state index contributed by atoms with van der Waals surface area (Å²) >= 11 is 0. The fraction of sp³-hybridized carbons (Fsp3) is 0.714. The third kappa shape index (κ3) is 12.3. The van der Waals surface area contributed by atoms with Gasteiger partial charge in [0, 0.05) is 6.61 Å². The highest BCUT2D eigenvalue weighted by molar-refractivity contribution is 5.20. The first-order valence-corrected chi connectivity index (χ1v) is 10.2. The predicted octanol–water partition coefficient (Wildman–Crippen LogP) is 2.68. The minimum atomic E-state index is -0.0499. The summed E-state index contributed by atoms with van der Waals surface area (Å²) in [6, 6.07) is 9.70. The Morgan fingerprint density at radius 2 is 1.25 bits per heavy atom. The predicted molar refractivity (Wildman–Crippen MR) is 105 cm³/mol. The second kappa shape index (κ2) is 16.7.